The number of rotatable bonds is 2. The number of carbonyl (C=O) groups excluding carboxylic acids is 1. The van der Waals surface area contributed by atoms with Crippen molar-refractivity contribution in [3.63, 3.8) is 0 Å². The standard InChI is InChI=1S/C24H24N2O5/c1-13-17-6-7-20(27)14(2)23(17)31-24(30)18(13)9-22(29)25-10-15-8-16(12-25)19-4-3-5-21(28)26(19)11-15/h3-7,15-16,27H,8-12H2,1-2H3/t15-,16-/m1/s1. The number of pyridine rings is 1. The lowest BCUT2D eigenvalue weighted by molar-refractivity contribution is -0.133. The maximum absolute atomic E-state index is 13.2. The van der Waals surface area contributed by atoms with Crippen molar-refractivity contribution in [1.82, 2.24) is 9.47 Å². The van der Waals surface area contributed by atoms with Crippen LogP contribution in [0.5, 0.6) is 5.75 Å². The number of nitrogens with zero attached hydrogens (tertiary/aromatic N) is 2. The largest absolute Gasteiger partial charge is 0.508 e. The number of piperidine rings is 1. The van der Waals surface area contributed by atoms with E-state index in [1.165, 1.54) is 0 Å². The first kappa shape index (κ1) is 19.6. The van der Waals surface area contributed by atoms with Crippen LogP contribution in [-0.2, 0) is 17.8 Å². The van der Waals surface area contributed by atoms with Crippen LogP contribution in [0.2, 0.25) is 0 Å². The summed E-state index contributed by atoms with van der Waals surface area (Å²) in [6.07, 6.45) is 0.943. The van der Waals surface area contributed by atoms with E-state index in [2.05, 4.69) is 0 Å². The molecule has 7 heteroatoms. The zero-order valence-electron chi connectivity index (χ0n) is 17.6. The lowest BCUT2D eigenvalue weighted by Gasteiger charge is -2.42. The van der Waals surface area contributed by atoms with Gasteiger partial charge in [0.1, 0.15) is 11.3 Å². The Balaban J connectivity index is 1.44. The molecule has 4 heterocycles. The van der Waals surface area contributed by atoms with Crippen LogP contribution < -0.4 is 11.2 Å². The molecular weight excluding hydrogens is 396 g/mol. The number of aromatic hydroxyl groups is 1. The van der Waals surface area contributed by atoms with Crippen LogP contribution in [0.4, 0.5) is 0 Å². The van der Waals surface area contributed by atoms with E-state index in [-0.39, 0.29) is 35.5 Å². The van der Waals surface area contributed by atoms with Crippen molar-refractivity contribution >= 4 is 16.9 Å². The van der Waals surface area contributed by atoms with Crippen LogP contribution in [0.1, 0.15) is 34.7 Å². The fraction of sp³-hybridized carbons (Fsp3) is 0.375. The molecule has 1 fully saturated rings. The van der Waals surface area contributed by atoms with Crippen molar-refractivity contribution in [3.8, 4) is 5.75 Å². The molecule has 0 saturated carbocycles. The Labute approximate surface area is 178 Å². The third-order valence-electron chi connectivity index (χ3n) is 6.84. The summed E-state index contributed by atoms with van der Waals surface area (Å²) in [5.74, 6) is 0.324. The lowest BCUT2D eigenvalue weighted by atomic mass is 9.83. The molecule has 2 aliphatic heterocycles. The summed E-state index contributed by atoms with van der Waals surface area (Å²) in [6.45, 7) is 5.26. The van der Waals surface area contributed by atoms with Gasteiger partial charge in [0, 0.05) is 48.3 Å². The number of hydrogen-bond acceptors (Lipinski definition) is 5. The van der Waals surface area contributed by atoms with E-state index in [9.17, 15) is 19.5 Å². The highest BCUT2D eigenvalue weighted by Crippen LogP contribution is 2.35. The molecule has 7 nitrogen and oxygen atoms in total. The van der Waals surface area contributed by atoms with E-state index in [0.717, 1.165) is 17.5 Å². The highest BCUT2D eigenvalue weighted by Gasteiger charge is 2.36. The number of phenolic OH excluding ortho intramolecular Hbond substituents is 1. The quantitative estimate of drug-likeness (QED) is 0.643. The smallest absolute Gasteiger partial charge is 0.340 e. The second-order valence-corrected chi connectivity index (χ2v) is 8.75. The van der Waals surface area contributed by atoms with Crippen LogP contribution in [0.3, 0.4) is 0 Å². The average Bonchev–Trinajstić information content (AvgIpc) is 2.74. The summed E-state index contributed by atoms with van der Waals surface area (Å²) >= 11 is 0. The minimum atomic E-state index is -0.541. The second kappa shape index (κ2) is 7.11. The Bertz CT molecular complexity index is 1340. The van der Waals surface area contributed by atoms with E-state index in [0.29, 0.717) is 41.9 Å². The fourth-order valence-corrected chi connectivity index (χ4v) is 5.15. The van der Waals surface area contributed by atoms with Gasteiger partial charge in [-0.2, -0.15) is 0 Å². The molecule has 0 unspecified atom stereocenters. The second-order valence-electron chi connectivity index (χ2n) is 8.75. The number of phenols is 1. The van der Waals surface area contributed by atoms with Gasteiger partial charge >= 0.3 is 5.63 Å². The highest BCUT2D eigenvalue weighted by atomic mass is 16.4. The van der Waals surface area contributed by atoms with Crippen LogP contribution >= 0.6 is 0 Å². The zero-order chi connectivity index (χ0) is 21.9. The number of carbonyl (C=O) groups is 1. The molecule has 1 N–H and O–H groups in total. The minimum absolute atomic E-state index is 0.0118. The van der Waals surface area contributed by atoms with Crippen molar-refractivity contribution in [2.24, 2.45) is 5.92 Å². The molecule has 0 radical (unpaired) electrons. The number of amides is 1. The average molecular weight is 420 g/mol. The van der Waals surface area contributed by atoms with Gasteiger partial charge in [-0.3, -0.25) is 9.59 Å². The van der Waals surface area contributed by atoms with Crippen molar-refractivity contribution in [2.45, 2.75) is 39.2 Å². The van der Waals surface area contributed by atoms with Gasteiger partial charge < -0.3 is 19.0 Å². The number of fused-ring (bicyclic) bond motifs is 5. The van der Waals surface area contributed by atoms with Gasteiger partial charge in [-0.05, 0) is 49.9 Å². The first-order chi connectivity index (χ1) is 14.8. The maximum Gasteiger partial charge on any atom is 0.340 e. The Morgan fingerprint density at radius 3 is 2.71 bits per heavy atom. The SMILES string of the molecule is Cc1c(CC(=O)N2C[C@H]3C[C@H](C2)c2cccc(=O)n2C3)c(=O)oc2c(C)c(O)ccc12. The van der Waals surface area contributed by atoms with Crippen LogP contribution in [0, 0.1) is 19.8 Å². The molecule has 1 amide bonds. The molecule has 0 aliphatic carbocycles. The zero-order valence-corrected chi connectivity index (χ0v) is 17.6. The van der Waals surface area contributed by atoms with Gasteiger partial charge in [0.25, 0.3) is 5.56 Å². The van der Waals surface area contributed by atoms with Crippen molar-refractivity contribution in [3.05, 3.63) is 73.5 Å². The van der Waals surface area contributed by atoms with Crippen LogP contribution in [0.15, 0.2) is 44.3 Å². The highest BCUT2D eigenvalue weighted by molar-refractivity contribution is 5.87. The van der Waals surface area contributed by atoms with Crippen LogP contribution in [-0.4, -0.2) is 33.6 Å². The van der Waals surface area contributed by atoms with E-state index >= 15 is 0 Å². The van der Waals surface area contributed by atoms with Gasteiger partial charge in [0.15, 0.2) is 0 Å². The molecule has 2 atom stereocenters. The summed E-state index contributed by atoms with van der Waals surface area (Å²) in [4.78, 5) is 39.9. The lowest BCUT2D eigenvalue weighted by Crippen LogP contribution is -2.49. The first-order valence-corrected chi connectivity index (χ1v) is 10.6. The third-order valence-corrected chi connectivity index (χ3v) is 6.84. The van der Waals surface area contributed by atoms with Gasteiger partial charge in [-0.1, -0.05) is 6.07 Å². The molecule has 1 aromatic carbocycles. The predicted molar refractivity (Wildman–Crippen MR) is 115 cm³/mol. The van der Waals surface area contributed by atoms with E-state index in [1.54, 1.807) is 31.2 Å². The molecule has 3 aromatic rings. The molecule has 1 saturated heterocycles. The number of aromatic nitrogens is 1. The Kier molecular flexibility index (Phi) is 4.50. The Hall–Kier alpha value is -3.35. The van der Waals surface area contributed by atoms with E-state index in [1.807, 2.05) is 22.5 Å². The number of likely N-dealkylation sites (tertiary alicyclic amines) is 1. The minimum Gasteiger partial charge on any atom is -0.508 e. The van der Waals surface area contributed by atoms with E-state index < -0.39 is 5.63 Å². The molecular formula is C24H24N2O5. The number of aryl methyl sites for hydroxylation is 2. The maximum atomic E-state index is 13.2. The first-order valence-electron chi connectivity index (χ1n) is 10.6. The van der Waals surface area contributed by atoms with Crippen LogP contribution in [0.25, 0.3) is 11.0 Å². The molecule has 160 valence electrons. The molecule has 2 aliphatic rings. The fourth-order valence-electron chi connectivity index (χ4n) is 5.15. The molecule has 31 heavy (non-hydrogen) atoms. The predicted octanol–water partition coefficient (Wildman–Crippen LogP) is 2.47. The van der Waals surface area contributed by atoms with E-state index in [4.69, 9.17) is 4.42 Å². The number of hydrogen-bond donors (Lipinski definition) is 1. The van der Waals surface area contributed by atoms with Crippen molar-refractivity contribution < 1.29 is 14.3 Å². The van der Waals surface area contributed by atoms with Gasteiger partial charge in [0.2, 0.25) is 5.91 Å². The summed E-state index contributed by atoms with van der Waals surface area (Å²) < 4.78 is 7.32. The van der Waals surface area contributed by atoms with Crippen molar-refractivity contribution in [2.75, 3.05) is 13.1 Å². The number of benzene rings is 1. The summed E-state index contributed by atoms with van der Waals surface area (Å²) in [5.41, 5.74) is 2.38. The molecule has 0 spiro atoms. The monoisotopic (exact) mass is 420 g/mol. The molecule has 2 bridgehead atoms. The normalized spacial score (nSPS) is 20.0. The summed E-state index contributed by atoms with van der Waals surface area (Å²) in [7, 11) is 0. The van der Waals surface area contributed by atoms with Gasteiger partial charge in [-0.15, -0.1) is 0 Å². The summed E-state index contributed by atoms with van der Waals surface area (Å²) in [5, 5.41) is 10.6. The molecule has 5 rings (SSSR count). The Morgan fingerprint density at radius 2 is 1.90 bits per heavy atom. The third kappa shape index (κ3) is 3.15. The molecule has 2 aromatic heterocycles. The topological polar surface area (TPSA) is 92.8 Å². The Morgan fingerprint density at radius 1 is 1.10 bits per heavy atom. The van der Waals surface area contributed by atoms with Crippen molar-refractivity contribution in [1.29, 1.82) is 0 Å². The van der Waals surface area contributed by atoms with Gasteiger partial charge in [-0.25, -0.2) is 4.79 Å². The summed E-state index contributed by atoms with van der Waals surface area (Å²) in [6, 6.07) is 8.61. The van der Waals surface area contributed by atoms with Gasteiger partial charge in [0.05, 0.1) is 12.0 Å².